The number of piperidine rings is 1. The van der Waals surface area contributed by atoms with Crippen LogP contribution < -0.4 is 5.32 Å². The molecule has 94 valence electrons. The second kappa shape index (κ2) is 4.40. The van der Waals surface area contributed by atoms with E-state index in [2.05, 4.69) is 10.3 Å². The number of para-hydroxylation sites is 1. The number of carbonyl (C=O) groups excluding carboxylic acids is 1. The lowest BCUT2D eigenvalue weighted by atomic mass is 10.1. The molecular formula is C12H12ClN3OS. The van der Waals surface area contributed by atoms with E-state index in [-0.39, 0.29) is 11.9 Å². The number of nitrogens with zero attached hydrogens (tertiary/aromatic N) is 1. The van der Waals surface area contributed by atoms with Crippen molar-refractivity contribution < 1.29 is 4.79 Å². The predicted molar refractivity (Wildman–Crippen MR) is 73.4 cm³/mol. The summed E-state index contributed by atoms with van der Waals surface area (Å²) < 4.78 is 2.67. The first-order chi connectivity index (χ1) is 8.66. The molecule has 0 radical (unpaired) electrons. The van der Waals surface area contributed by atoms with Gasteiger partial charge < -0.3 is 14.9 Å². The molecule has 6 heteroatoms. The topological polar surface area (TPSA) is 49.8 Å². The second-order valence-corrected chi connectivity index (χ2v) is 5.23. The molecule has 2 aromatic rings. The molecule has 1 aliphatic rings. The lowest BCUT2D eigenvalue weighted by Crippen LogP contribution is -2.36. The Morgan fingerprint density at radius 3 is 3.00 bits per heavy atom. The average molecular weight is 282 g/mol. The monoisotopic (exact) mass is 281 g/mol. The first kappa shape index (κ1) is 11.7. The zero-order valence-corrected chi connectivity index (χ0v) is 11.1. The minimum Gasteiger partial charge on any atom is -0.354 e. The van der Waals surface area contributed by atoms with Gasteiger partial charge in [0.2, 0.25) is 5.91 Å². The van der Waals surface area contributed by atoms with Crippen LogP contribution in [0.2, 0.25) is 5.02 Å². The highest BCUT2D eigenvalue weighted by molar-refractivity contribution is 7.71. The molecular weight excluding hydrogens is 270 g/mol. The van der Waals surface area contributed by atoms with Crippen molar-refractivity contribution in [3.05, 3.63) is 28.0 Å². The quantitative estimate of drug-likeness (QED) is 0.790. The van der Waals surface area contributed by atoms with Crippen molar-refractivity contribution in [3.8, 4) is 0 Å². The Bertz CT molecular complexity index is 666. The molecule has 1 amide bonds. The molecule has 1 aromatic heterocycles. The van der Waals surface area contributed by atoms with Gasteiger partial charge in [0, 0.05) is 13.0 Å². The van der Waals surface area contributed by atoms with Crippen LogP contribution in [0.1, 0.15) is 18.9 Å². The minimum absolute atomic E-state index is 0.101. The van der Waals surface area contributed by atoms with E-state index in [1.165, 1.54) is 0 Å². The Hall–Kier alpha value is -1.33. The van der Waals surface area contributed by atoms with Crippen molar-refractivity contribution >= 4 is 40.8 Å². The molecule has 1 atom stereocenters. The summed E-state index contributed by atoms with van der Waals surface area (Å²) in [6, 6.07) is 5.87. The fourth-order valence-corrected chi connectivity index (χ4v) is 3.04. The molecule has 0 spiro atoms. The fraction of sp³-hybridized carbons (Fsp3) is 0.333. The van der Waals surface area contributed by atoms with Gasteiger partial charge >= 0.3 is 0 Å². The third-order valence-electron chi connectivity index (χ3n) is 3.29. The van der Waals surface area contributed by atoms with Gasteiger partial charge in [-0.15, -0.1) is 0 Å². The Kier molecular flexibility index (Phi) is 2.87. The van der Waals surface area contributed by atoms with Crippen LogP contribution in [0.3, 0.4) is 0 Å². The Morgan fingerprint density at radius 1 is 1.44 bits per heavy atom. The van der Waals surface area contributed by atoms with Gasteiger partial charge in [-0.1, -0.05) is 17.7 Å². The third kappa shape index (κ3) is 1.83. The molecule has 1 unspecified atom stereocenters. The summed E-state index contributed by atoms with van der Waals surface area (Å²) in [5.41, 5.74) is 1.86. The van der Waals surface area contributed by atoms with Gasteiger partial charge in [-0.3, -0.25) is 4.79 Å². The zero-order valence-electron chi connectivity index (χ0n) is 9.57. The number of nitrogens with one attached hydrogen (secondary N) is 2. The molecule has 3 rings (SSSR count). The number of imidazole rings is 1. The van der Waals surface area contributed by atoms with E-state index in [0.717, 1.165) is 17.5 Å². The van der Waals surface area contributed by atoms with Crippen molar-refractivity contribution in [1.29, 1.82) is 0 Å². The normalized spacial score (nSPS) is 20.1. The van der Waals surface area contributed by atoms with E-state index < -0.39 is 0 Å². The lowest BCUT2D eigenvalue weighted by molar-refractivity contribution is -0.122. The number of halogens is 1. The van der Waals surface area contributed by atoms with Crippen molar-refractivity contribution in [2.24, 2.45) is 0 Å². The predicted octanol–water partition coefficient (Wildman–Crippen LogP) is 2.80. The standard InChI is InChI=1S/C12H12ClN3OS/c13-8-2-1-3-9-11(8)16(12(18)15-9)7-4-5-10(17)14-6-7/h1-3,7H,4-6H2,(H,14,17)(H,15,18). The Morgan fingerprint density at radius 2 is 2.28 bits per heavy atom. The molecule has 18 heavy (non-hydrogen) atoms. The number of hydrogen-bond acceptors (Lipinski definition) is 2. The fourth-order valence-electron chi connectivity index (χ4n) is 2.43. The Labute approximate surface area is 114 Å². The van der Waals surface area contributed by atoms with Crippen LogP contribution in [0.15, 0.2) is 18.2 Å². The zero-order chi connectivity index (χ0) is 12.7. The van der Waals surface area contributed by atoms with E-state index in [1.807, 2.05) is 22.8 Å². The Balaban J connectivity index is 2.14. The number of benzene rings is 1. The average Bonchev–Trinajstić information content (AvgIpc) is 2.68. The summed E-state index contributed by atoms with van der Waals surface area (Å²) in [6.45, 7) is 0.602. The summed E-state index contributed by atoms with van der Waals surface area (Å²) >= 11 is 11.6. The van der Waals surface area contributed by atoms with Gasteiger partial charge in [0.05, 0.1) is 22.1 Å². The number of aromatic amines is 1. The maximum absolute atomic E-state index is 11.2. The molecule has 0 saturated carbocycles. The maximum Gasteiger partial charge on any atom is 0.220 e. The highest BCUT2D eigenvalue weighted by Gasteiger charge is 2.22. The highest BCUT2D eigenvalue weighted by Crippen LogP contribution is 2.28. The molecule has 1 fully saturated rings. The number of aromatic nitrogens is 2. The van der Waals surface area contributed by atoms with Crippen molar-refractivity contribution in [2.45, 2.75) is 18.9 Å². The van der Waals surface area contributed by atoms with Gasteiger partial charge in [0.1, 0.15) is 0 Å². The molecule has 1 aliphatic heterocycles. The maximum atomic E-state index is 11.2. The molecule has 1 aromatic carbocycles. The molecule has 2 heterocycles. The molecule has 1 saturated heterocycles. The van der Waals surface area contributed by atoms with Crippen LogP contribution >= 0.6 is 23.8 Å². The van der Waals surface area contributed by atoms with Crippen LogP contribution in [-0.2, 0) is 4.79 Å². The van der Waals surface area contributed by atoms with E-state index >= 15 is 0 Å². The number of fused-ring (bicyclic) bond motifs is 1. The smallest absolute Gasteiger partial charge is 0.220 e. The summed E-state index contributed by atoms with van der Waals surface area (Å²) in [6.07, 6.45) is 1.32. The van der Waals surface area contributed by atoms with Crippen molar-refractivity contribution in [2.75, 3.05) is 6.54 Å². The summed E-state index contributed by atoms with van der Waals surface area (Å²) in [4.78, 5) is 14.4. The van der Waals surface area contributed by atoms with Gasteiger partial charge in [0.25, 0.3) is 0 Å². The van der Waals surface area contributed by atoms with Crippen molar-refractivity contribution in [3.63, 3.8) is 0 Å². The minimum atomic E-state index is 0.101. The largest absolute Gasteiger partial charge is 0.354 e. The number of carbonyl (C=O) groups is 1. The van der Waals surface area contributed by atoms with Crippen LogP contribution in [0.25, 0.3) is 11.0 Å². The molecule has 0 bridgehead atoms. The van der Waals surface area contributed by atoms with E-state index in [9.17, 15) is 4.79 Å². The lowest BCUT2D eigenvalue weighted by Gasteiger charge is -2.24. The SMILES string of the molecule is O=C1CCC(n2c(=S)[nH]c3cccc(Cl)c32)CN1. The summed E-state index contributed by atoms with van der Waals surface area (Å²) in [7, 11) is 0. The van der Waals surface area contributed by atoms with Gasteiger partial charge in [0.15, 0.2) is 4.77 Å². The van der Waals surface area contributed by atoms with Crippen LogP contribution in [0, 0.1) is 4.77 Å². The third-order valence-corrected chi connectivity index (χ3v) is 3.90. The number of hydrogen-bond donors (Lipinski definition) is 2. The second-order valence-electron chi connectivity index (χ2n) is 4.43. The first-order valence-corrected chi connectivity index (χ1v) is 6.61. The van der Waals surface area contributed by atoms with Crippen molar-refractivity contribution in [1.82, 2.24) is 14.9 Å². The van der Waals surface area contributed by atoms with E-state index in [0.29, 0.717) is 22.8 Å². The van der Waals surface area contributed by atoms with Gasteiger partial charge in [-0.2, -0.15) is 0 Å². The van der Waals surface area contributed by atoms with Gasteiger partial charge in [-0.05, 0) is 30.8 Å². The summed E-state index contributed by atoms with van der Waals surface area (Å²) in [5, 5.41) is 3.55. The van der Waals surface area contributed by atoms with Gasteiger partial charge in [-0.25, -0.2) is 0 Å². The molecule has 2 N–H and O–H groups in total. The summed E-state index contributed by atoms with van der Waals surface area (Å²) in [5.74, 6) is 0.101. The molecule has 4 nitrogen and oxygen atoms in total. The first-order valence-electron chi connectivity index (χ1n) is 5.82. The van der Waals surface area contributed by atoms with Crippen LogP contribution in [0.4, 0.5) is 0 Å². The van der Waals surface area contributed by atoms with Crippen LogP contribution in [-0.4, -0.2) is 22.0 Å². The molecule has 0 aliphatic carbocycles. The highest BCUT2D eigenvalue weighted by atomic mass is 35.5. The van der Waals surface area contributed by atoms with E-state index in [4.69, 9.17) is 23.8 Å². The van der Waals surface area contributed by atoms with E-state index in [1.54, 1.807) is 0 Å². The number of amides is 1. The number of rotatable bonds is 1. The van der Waals surface area contributed by atoms with Crippen LogP contribution in [0.5, 0.6) is 0 Å². The number of H-pyrrole nitrogens is 1.